The third-order valence-corrected chi connectivity index (χ3v) is 0. The summed E-state index contributed by atoms with van der Waals surface area (Å²) < 4.78 is -3.29. The molecule has 0 aliphatic rings. The zero-order valence-corrected chi connectivity index (χ0v) is 16.5. The number of hydrogen-bond acceptors (Lipinski definition) is 0. The van der Waals surface area contributed by atoms with Crippen LogP contribution in [0.5, 0.6) is 0 Å². The Hall–Kier alpha value is 3.45. The van der Waals surface area contributed by atoms with Gasteiger partial charge in [-0.15, -0.1) is 0 Å². The summed E-state index contributed by atoms with van der Waals surface area (Å²) in [6.07, 6.45) is 0. The van der Waals surface area contributed by atoms with Gasteiger partial charge in [0.2, 0.25) is 0 Å². The zero-order chi connectivity index (χ0) is 6.41. The minimum Gasteiger partial charge on any atom is -0.369 e. The first kappa shape index (κ1) is 18.3. The van der Waals surface area contributed by atoms with Crippen LogP contribution in [0, 0.1) is 0 Å². The Kier molecular flexibility index (Phi) is 7.46. The predicted octanol–water partition coefficient (Wildman–Crippen LogP) is 5.82. The molecule has 0 rings (SSSR count). The van der Waals surface area contributed by atoms with E-state index in [1.807, 2.05) is 0 Å². The third-order valence-electron chi connectivity index (χ3n) is 0. The van der Waals surface area contributed by atoms with Gasteiger partial charge in [0.25, 0.3) is 0 Å². The third kappa shape index (κ3) is 85.9. The van der Waals surface area contributed by atoms with Crippen molar-refractivity contribution in [2.24, 2.45) is 0 Å². The Morgan fingerprint density at radius 2 is 0.556 bits per heavy atom. The van der Waals surface area contributed by atoms with Gasteiger partial charge >= 0.3 is 81.8 Å². The van der Waals surface area contributed by atoms with Gasteiger partial charge in [-0.25, -0.2) is 0 Å². The van der Waals surface area contributed by atoms with Crippen molar-refractivity contribution in [3.05, 3.63) is 0 Å². The van der Waals surface area contributed by atoms with Crippen molar-refractivity contribution in [3.8, 4) is 0 Å². The Bertz CT molecular complexity index is 69.6. The van der Waals surface area contributed by atoms with Gasteiger partial charge in [-0.05, 0) is 0 Å². The van der Waals surface area contributed by atoms with Crippen molar-refractivity contribution in [2.75, 3.05) is 0 Å². The molecule has 0 aromatic rings. The van der Waals surface area contributed by atoms with Crippen LogP contribution >= 0.6 is 81.0 Å². The van der Waals surface area contributed by atoms with Crippen molar-refractivity contribution in [3.63, 3.8) is 0 Å². The minimum absolute atomic E-state index is 0. The summed E-state index contributed by atoms with van der Waals surface area (Å²) in [4.78, 5) is 0. The Morgan fingerprint density at radius 1 is 0.556 bits per heavy atom. The molecule has 0 aromatic heterocycles. The summed E-state index contributed by atoms with van der Waals surface area (Å²) in [5.41, 5.74) is 0. The second-order valence-corrected chi connectivity index (χ2v) is 158. The summed E-state index contributed by atoms with van der Waals surface area (Å²) in [7, 11) is 0. The molecule has 0 heterocycles. The van der Waals surface area contributed by atoms with Crippen LogP contribution in [0.2, 0.25) is 0 Å². The van der Waals surface area contributed by atoms with Crippen LogP contribution in [0.1, 0.15) is 0 Å². The van der Waals surface area contributed by atoms with Crippen LogP contribution in [0.25, 0.3) is 0 Å². The van der Waals surface area contributed by atoms with Crippen LogP contribution < -0.4 is 12.3 Å². The van der Waals surface area contributed by atoms with Crippen molar-refractivity contribution in [1.29, 1.82) is 0 Å². The normalized spacial score (nSPS) is 18.0. The molecule has 0 amide bonds. The first-order chi connectivity index (χ1) is 2.45. The molecule has 69 valence electrons. The maximum Gasteiger partial charge on any atom is -0.369 e. The van der Waals surface area contributed by atoms with E-state index in [-0.39, 0.29) is 12.3 Å². The van der Waals surface area contributed by atoms with Crippen LogP contribution in [-0.4, -0.2) is 0 Å². The molecule has 0 aliphatic heterocycles. The summed E-state index contributed by atoms with van der Waals surface area (Å²) in [6, 6.07) is 0. The van der Waals surface area contributed by atoms with Crippen LogP contribution in [-0.2, 0) is 0.881 Å². The van der Waals surface area contributed by atoms with E-state index < -0.39 is 0.881 Å². The molecule has 0 spiro atoms. The molecule has 9 heteroatoms. The number of rotatable bonds is 0. The van der Waals surface area contributed by atoms with E-state index in [1.54, 1.807) is 0 Å². The molecule has 0 aromatic carbocycles. The van der Waals surface area contributed by atoms with E-state index in [9.17, 15) is 0 Å². The van der Waals surface area contributed by atoms with Gasteiger partial charge in [-0.1, -0.05) is 0 Å². The fourth-order valence-corrected chi connectivity index (χ4v) is 0. The Morgan fingerprint density at radius 3 is 0.556 bits per heavy atom. The van der Waals surface area contributed by atoms with Gasteiger partial charge in [0.05, 0.1) is 0 Å². The Labute approximate surface area is 92.0 Å². The molecule has 0 fully saturated rings. The Balaban J connectivity index is -0.000000180. The first-order valence-corrected chi connectivity index (χ1v) is 32.2. The standard InChI is InChI=1S/6BrH.Ir.2H3N/h6*1H;;2*1H3/q;;;;;;+4;;/p-4. The molecule has 0 bridgehead atoms. The molecule has 0 aliphatic carbocycles. The van der Waals surface area contributed by atoms with E-state index in [4.69, 9.17) is 0 Å². The topological polar surface area (TPSA) is 73.0 Å². The fourth-order valence-electron chi connectivity index (χ4n) is 0. The van der Waals surface area contributed by atoms with Gasteiger partial charge < -0.3 is 12.3 Å². The molecule has 0 saturated heterocycles. The molecule has 0 atom stereocenters. The molecule has 0 radical (unpaired) electrons. The minimum atomic E-state index is -3.29. The summed E-state index contributed by atoms with van der Waals surface area (Å²) in [5, 5.41) is 0. The van der Waals surface area contributed by atoms with Crippen LogP contribution in [0.15, 0.2) is 0 Å². The molecule has 0 saturated carbocycles. The monoisotopic (exact) mass is 703 g/mol. The largest absolute Gasteiger partial charge is 0.369 e. The summed E-state index contributed by atoms with van der Waals surface area (Å²) in [5.74, 6) is 0. The van der Waals surface area contributed by atoms with Crippen molar-refractivity contribution in [2.45, 2.75) is 0 Å². The summed E-state index contributed by atoms with van der Waals surface area (Å²) >= 11 is 20.1. The molecular formula is H8Br6IrN2. The molecular weight excluding hydrogens is 700 g/mol. The van der Waals surface area contributed by atoms with Crippen molar-refractivity contribution >= 4 is 81.0 Å². The maximum atomic E-state index is 3.35. The number of halogens is 6. The van der Waals surface area contributed by atoms with Crippen molar-refractivity contribution in [1.82, 2.24) is 12.3 Å². The second kappa shape index (κ2) is 3.67. The second-order valence-electron chi connectivity index (χ2n) is 0.714. The van der Waals surface area contributed by atoms with E-state index in [1.165, 1.54) is 0 Å². The van der Waals surface area contributed by atoms with Crippen molar-refractivity contribution < 1.29 is 0.881 Å². The first-order valence-electron chi connectivity index (χ1n) is 0.756. The van der Waals surface area contributed by atoms with Crippen LogP contribution in [0.4, 0.5) is 0 Å². The van der Waals surface area contributed by atoms with Gasteiger partial charge in [0, 0.05) is 0 Å². The summed E-state index contributed by atoms with van der Waals surface area (Å²) in [6.45, 7) is 0. The molecule has 9 heavy (non-hydrogen) atoms. The number of hydrogen-bond donors (Lipinski definition) is 2. The molecule has 2 nitrogen and oxygen atoms in total. The SMILES string of the molecule is [Br][Ir-2]([Br])([Br])([Br])([Br])[Br].[NH4+].[NH4+]. The maximum absolute atomic E-state index is 3.35. The quantitative estimate of drug-likeness (QED) is 0.319. The number of quaternary nitrogens is 2. The van der Waals surface area contributed by atoms with E-state index in [2.05, 4.69) is 81.0 Å². The predicted molar refractivity (Wildman–Crippen MR) is 65.5 cm³/mol. The van der Waals surface area contributed by atoms with E-state index in [0.717, 1.165) is 0 Å². The molecule has 8 N–H and O–H groups in total. The van der Waals surface area contributed by atoms with Gasteiger partial charge in [-0.2, -0.15) is 0 Å². The average Bonchev–Trinajstić information content (AvgIpc) is 0.592. The smallest absolute Gasteiger partial charge is 0.369 e. The van der Waals surface area contributed by atoms with E-state index >= 15 is 0 Å². The van der Waals surface area contributed by atoms with Gasteiger partial charge in [0.15, 0.2) is 0 Å². The van der Waals surface area contributed by atoms with E-state index in [0.29, 0.717) is 0 Å². The average molecular weight is 708 g/mol. The fraction of sp³-hybridized carbons (Fsp3) is 0. The molecule has 0 unspecified atom stereocenters. The van der Waals surface area contributed by atoms with Gasteiger partial charge in [-0.3, -0.25) is 0 Å². The van der Waals surface area contributed by atoms with Gasteiger partial charge in [0.1, 0.15) is 0 Å². The zero-order valence-electron chi connectivity index (χ0n) is 4.60. The van der Waals surface area contributed by atoms with Crippen LogP contribution in [0.3, 0.4) is 0 Å².